The predicted octanol–water partition coefficient (Wildman–Crippen LogP) is 6.28. The number of aromatic nitrogens is 1. The van der Waals surface area contributed by atoms with Gasteiger partial charge in [0.25, 0.3) is 0 Å². The number of carbonyl (C=O) groups excluding carboxylic acids is 1. The van der Waals surface area contributed by atoms with Crippen LogP contribution >= 0.6 is 23.2 Å². The molecule has 0 saturated carbocycles. The van der Waals surface area contributed by atoms with E-state index < -0.39 is 5.41 Å². The maximum absolute atomic E-state index is 12.6. The first kappa shape index (κ1) is 18.9. The SMILES string of the molecule is CCc1ccc(-c2ccc(Cl)nc2Cl)cc1C1=C(O)C(C)(C)CCC1=O. The van der Waals surface area contributed by atoms with Crippen LogP contribution in [0, 0.1) is 5.41 Å². The monoisotopic (exact) mass is 389 g/mol. The summed E-state index contributed by atoms with van der Waals surface area (Å²) >= 11 is 12.1. The average molecular weight is 390 g/mol. The van der Waals surface area contributed by atoms with Gasteiger partial charge in [-0.05, 0) is 47.7 Å². The molecule has 0 amide bonds. The van der Waals surface area contributed by atoms with Gasteiger partial charge in [-0.25, -0.2) is 4.98 Å². The summed E-state index contributed by atoms with van der Waals surface area (Å²) in [4.78, 5) is 16.7. The van der Waals surface area contributed by atoms with Crippen molar-refractivity contribution in [3.63, 3.8) is 0 Å². The van der Waals surface area contributed by atoms with Gasteiger partial charge >= 0.3 is 0 Å². The molecule has 0 saturated heterocycles. The van der Waals surface area contributed by atoms with Crippen LogP contribution in [-0.2, 0) is 11.2 Å². The van der Waals surface area contributed by atoms with E-state index in [1.54, 1.807) is 6.07 Å². The zero-order valence-corrected chi connectivity index (χ0v) is 16.6. The first-order chi connectivity index (χ1) is 12.2. The number of allylic oxidation sites excluding steroid dienone is 2. The molecule has 0 spiro atoms. The van der Waals surface area contributed by atoms with E-state index >= 15 is 0 Å². The van der Waals surface area contributed by atoms with Crippen molar-refractivity contribution in [1.82, 2.24) is 4.98 Å². The molecule has 136 valence electrons. The second-order valence-corrected chi connectivity index (χ2v) is 7.97. The molecular weight excluding hydrogens is 369 g/mol. The fraction of sp³-hybridized carbons (Fsp3) is 0.333. The first-order valence-corrected chi connectivity index (χ1v) is 9.43. The number of aliphatic hydroxyl groups excluding tert-OH is 1. The van der Waals surface area contributed by atoms with Crippen LogP contribution < -0.4 is 0 Å². The smallest absolute Gasteiger partial charge is 0.166 e. The quantitative estimate of drug-likeness (QED) is 0.628. The number of carbonyl (C=O) groups is 1. The van der Waals surface area contributed by atoms with Crippen molar-refractivity contribution in [2.24, 2.45) is 5.41 Å². The number of pyridine rings is 1. The number of aliphatic hydroxyl groups is 1. The normalized spacial score (nSPS) is 16.9. The molecular formula is C21H21Cl2NO2. The lowest BCUT2D eigenvalue weighted by Gasteiger charge is -2.31. The van der Waals surface area contributed by atoms with Crippen LogP contribution in [-0.4, -0.2) is 15.9 Å². The Hall–Kier alpha value is -1.84. The van der Waals surface area contributed by atoms with Crippen LogP contribution in [0.3, 0.4) is 0 Å². The molecule has 1 aromatic heterocycles. The third kappa shape index (κ3) is 3.38. The molecule has 0 bridgehead atoms. The lowest BCUT2D eigenvalue weighted by Crippen LogP contribution is -2.25. The molecule has 26 heavy (non-hydrogen) atoms. The Morgan fingerprint density at radius 2 is 1.88 bits per heavy atom. The van der Waals surface area contributed by atoms with E-state index in [2.05, 4.69) is 4.98 Å². The maximum atomic E-state index is 12.6. The van der Waals surface area contributed by atoms with Gasteiger partial charge in [0.1, 0.15) is 16.1 Å². The fourth-order valence-corrected chi connectivity index (χ4v) is 3.78. The molecule has 0 fully saturated rings. The predicted molar refractivity (Wildman–Crippen MR) is 107 cm³/mol. The number of ketones is 1. The third-order valence-electron chi connectivity index (χ3n) is 5.02. The number of benzene rings is 1. The van der Waals surface area contributed by atoms with Crippen LogP contribution in [0.15, 0.2) is 36.1 Å². The Bertz CT molecular complexity index is 916. The van der Waals surface area contributed by atoms with Gasteiger partial charge in [-0.1, -0.05) is 56.1 Å². The second kappa shape index (κ2) is 7.05. The van der Waals surface area contributed by atoms with Gasteiger partial charge in [-0.15, -0.1) is 0 Å². The van der Waals surface area contributed by atoms with Crippen molar-refractivity contribution in [3.8, 4) is 11.1 Å². The number of halogens is 2. The Kier molecular flexibility index (Phi) is 5.14. The lowest BCUT2D eigenvalue weighted by atomic mass is 9.74. The highest BCUT2D eigenvalue weighted by molar-refractivity contribution is 6.34. The Morgan fingerprint density at radius 3 is 2.54 bits per heavy atom. The first-order valence-electron chi connectivity index (χ1n) is 8.67. The summed E-state index contributed by atoms with van der Waals surface area (Å²) in [6.07, 6.45) is 1.84. The van der Waals surface area contributed by atoms with Crippen LogP contribution in [0.25, 0.3) is 16.7 Å². The van der Waals surface area contributed by atoms with Gasteiger partial charge in [-0.2, -0.15) is 0 Å². The summed E-state index contributed by atoms with van der Waals surface area (Å²) in [5.74, 6) is 0.148. The van der Waals surface area contributed by atoms with Crippen molar-refractivity contribution in [3.05, 3.63) is 57.5 Å². The van der Waals surface area contributed by atoms with Crippen LogP contribution in [0.4, 0.5) is 0 Å². The topological polar surface area (TPSA) is 50.2 Å². The Balaban J connectivity index is 2.22. The number of Topliss-reactive ketones (excluding diaryl/α,β-unsaturated/α-hetero) is 1. The van der Waals surface area contributed by atoms with Crippen molar-refractivity contribution in [1.29, 1.82) is 0 Å². The number of nitrogens with zero attached hydrogens (tertiary/aromatic N) is 1. The van der Waals surface area contributed by atoms with Gasteiger partial charge in [0, 0.05) is 17.4 Å². The van der Waals surface area contributed by atoms with Crippen LogP contribution in [0.1, 0.15) is 44.7 Å². The molecule has 0 aliphatic heterocycles. The minimum atomic E-state index is -0.413. The van der Waals surface area contributed by atoms with Crippen molar-refractivity contribution in [2.75, 3.05) is 0 Å². The maximum Gasteiger partial charge on any atom is 0.166 e. The highest BCUT2D eigenvalue weighted by Crippen LogP contribution is 2.42. The van der Waals surface area contributed by atoms with E-state index in [0.717, 1.165) is 28.7 Å². The van der Waals surface area contributed by atoms with E-state index in [1.165, 1.54) is 0 Å². The molecule has 0 atom stereocenters. The van der Waals surface area contributed by atoms with E-state index in [0.29, 0.717) is 28.7 Å². The van der Waals surface area contributed by atoms with E-state index in [1.807, 2.05) is 45.0 Å². The van der Waals surface area contributed by atoms with Crippen molar-refractivity contribution < 1.29 is 9.90 Å². The largest absolute Gasteiger partial charge is 0.511 e. The lowest BCUT2D eigenvalue weighted by molar-refractivity contribution is -0.115. The minimum Gasteiger partial charge on any atom is -0.511 e. The Morgan fingerprint density at radius 1 is 1.15 bits per heavy atom. The molecule has 0 radical (unpaired) electrons. The summed E-state index contributed by atoms with van der Waals surface area (Å²) in [6, 6.07) is 9.34. The number of hydrogen-bond donors (Lipinski definition) is 1. The minimum absolute atomic E-state index is 0.0194. The van der Waals surface area contributed by atoms with E-state index in [9.17, 15) is 9.90 Å². The van der Waals surface area contributed by atoms with Gasteiger partial charge in [0.15, 0.2) is 5.78 Å². The van der Waals surface area contributed by atoms with E-state index in [4.69, 9.17) is 23.2 Å². The van der Waals surface area contributed by atoms with Gasteiger partial charge in [0.05, 0.1) is 5.57 Å². The molecule has 2 aromatic rings. The summed E-state index contributed by atoms with van der Waals surface area (Å²) in [7, 11) is 0. The van der Waals surface area contributed by atoms with Crippen LogP contribution in [0.2, 0.25) is 10.3 Å². The van der Waals surface area contributed by atoms with Crippen LogP contribution in [0.5, 0.6) is 0 Å². The number of hydrogen-bond acceptors (Lipinski definition) is 3. The average Bonchev–Trinajstić information content (AvgIpc) is 2.59. The Labute approximate surface area is 163 Å². The third-order valence-corrected chi connectivity index (χ3v) is 5.52. The molecule has 5 heteroatoms. The summed E-state index contributed by atoms with van der Waals surface area (Å²) in [5, 5.41) is 11.4. The molecule has 3 rings (SSSR count). The highest BCUT2D eigenvalue weighted by atomic mass is 35.5. The standard InChI is InChI=1S/C21H21Cl2NO2/c1-4-12-5-6-13(14-7-8-17(22)24-20(14)23)11-15(12)18-16(25)9-10-21(2,3)19(18)26/h5-8,11,26H,4,9-10H2,1-3H3. The number of rotatable bonds is 3. The van der Waals surface area contributed by atoms with Gasteiger partial charge in [-0.3, -0.25) is 4.79 Å². The molecule has 1 aliphatic carbocycles. The van der Waals surface area contributed by atoms with Crippen molar-refractivity contribution in [2.45, 2.75) is 40.0 Å². The second-order valence-electron chi connectivity index (χ2n) is 7.23. The zero-order valence-electron chi connectivity index (χ0n) is 15.1. The molecule has 0 unspecified atom stereocenters. The molecule has 1 aliphatic rings. The van der Waals surface area contributed by atoms with Crippen molar-refractivity contribution >= 4 is 34.6 Å². The fourth-order valence-electron chi connectivity index (χ4n) is 3.33. The molecule has 1 N–H and O–H groups in total. The van der Waals surface area contributed by atoms with Gasteiger partial charge < -0.3 is 5.11 Å². The summed E-state index contributed by atoms with van der Waals surface area (Å²) in [6.45, 7) is 5.96. The molecule has 1 aromatic carbocycles. The zero-order chi connectivity index (χ0) is 19.1. The summed E-state index contributed by atoms with van der Waals surface area (Å²) in [5.41, 5.74) is 3.37. The summed E-state index contributed by atoms with van der Waals surface area (Å²) < 4.78 is 0. The van der Waals surface area contributed by atoms with E-state index in [-0.39, 0.29) is 11.5 Å². The number of aryl methyl sites for hydroxylation is 1. The van der Waals surface area contributed by atoms with Gasteiger partial charge in [0.2, 0.25) is 0 Å². The molecule has 3 nitrogen and oxygen atoms in total. The molecule has 1 heterocycles. The highest BCUT2D eigenvalue weighted by Gasteiger charge is 2.35.